The van der Waals surface area contributed by atoms with E-state index >= 15 is 0 Å². The lowest BCUT2D eigenvalue weighted by molar-refractivity contribution is -0.136. The zero-order valence-electron chi connectivity index (χ0n) is 12.4. The first kappa shape index (κ1) is 17.8. The Bertz CT molecular complexity index is 774. The molecule has 2 N–H and O–H groups in total. The Labute approximate surface area is 140 Å². The van der Waals surface area contributed by atoms with Gasteiger partial charge in [0.2, 0.25) is 0 Å². The summed E-state index contributed by atoms with van der Waals surface area (Å²) in [5, 5.41) is 4.43. The molecule has 24 heavy (non-hydrogen) atoms. The average molecular weight is 357 g/mol. The fourth-order valence-corrected chi connectivity index (χ4v) is 2.11. The first-order valence-electron chi connectivity index (χ1n) is 6.72. The fraction of sp³-hybridized carbons (Fsp3) is 0.125. The van der Waals surface area contributed by atoms with Crippen molar-refractivity contribution in [2.24, 2.45) is 0 Å². The number of hydrogen-bond donors (Lipinski definition) is 2. The minimum atomic E-state index is -4.66. The van der Waals surface area contributed by atoms with Crippen molar-refractivity contribution in [1.82, 2.24) is 0 Å². The standard InChI is InChI=1S/C16H12ClF3N2O2/c1-9(23)10-2-5-12(6-3-10)21-15(24)22-14-7-4-11(17)8-13(14)16(18,19)20/h2-8H,1H3,(H2,21,22,24). The number of urea groups is 1. The van der Waals surface area contributed by atoms with Crippen LogP contribution in [0, 0.1) is 0 Å². The summed E-state index contributed by atoms with van der Waals surface area (Å²) in [6.07, 6.45) is -4.66. The van der Waals surface area contributed by atoms with E-state index in [2.05, 4.69) is 10.6 Å². The van der Waals surface area contributed by atoms with Crippen molar-refractivity contribution in [3.8, 4) is 0 Å². The highest BCUT2D eigenvalue weighted by molar-refractivity contribution is 6.30. The second-order valence-corrected chi connectivity index (χ2v) is 5.34. The Morgan fingerprint density at radius 2 is 1.62 bits per heavy atom. The minimum absolute atomic E-state index is 0.0897. The van der Waals surface area contributed by atoms with E-state index in [4.69, 9.17) is 11.6 Å². The molecule has 0 spiro atoms. The summed E-state index contributed by atoms with van der Waals surface area (Å²) in [5.74, 6) is -0.137. The third kappa shape index (κ3) is 4.48. The molecule has 0 aliphatic heterocycles. The predicted molar refractivity (Wildman–Crippen MR) is 85.5 cm³/mol. The van der Waals surface area contributed by atoms with Crippen LogP contribution in [0.15, 0.2) is 42.5 Å². The van der Waals surface area contributed by atoms with Gasteiger partial charge in [0.25, 0.3) is 0 Å². The summed E-state index contributed by atoms with van der Waals surface area (Å²) < 4.78 is 38.9. The van der Waals surface area contributed by atoms with Gasteiger partial charge in [0.05, 0.1) is 11.3 Å². The third-order valence-electron chi connectivity index (χ3n) is 3.08. The molecule has 0 saturated carbocycles. The Morgan fingerprint density at radius 3 is 2.17 bits per heavy atom. The minimum Gasteiger partial charge on any atom is -0.308 e. The number of carbonyl (C=O) groups excluding carboxylic acids is 2. The number of amides is 2. The van der Waals surface area contributed by atoms with Gasteiger partial charge >= 0.3 is 12.2 Å². The van der Waals surface area contributed by atoms with Crippen molar-refractivity contribution in [3.05, 3.63) is 58.6 Å². The van der Waals surface area contributed by atoms with Crippen LogP contribution >= 0.6 is 11.6 Å². The van der Waals surface area contributed by atoms with E-state index in [1.165, 1.54) is 37.3 Å². The SMILES string of the molecule is CC(=O)c1ccc(NC(=O)Nc2ccc(Cl)cc2C(F)(F)F)cc1. The molecule has 2 aromatic carbocycles. The van der Waals surface area contributed by atoms with E-state index in [9.17, 15) is 22.8 Å². The van der Waals surface area contributed by atoms with E-state index in [1.54, 1.807) is 0 Å². The monoisotopic (exact) mass is 356 g/mol. The number of rotatable bonds is 3. The summed E-state index contributed by atoms with van der Waals surface area (Å²) >= 11 is 5.57. The largest absolute Gasteiger partial charge is 0.418 e. The molecule has 0 unspecified atom stereocenters. The quantitative estimate of drug-likeness (QED) is 0.742. The van der Waals surface area contributed by atoms with E-state index in [-0.39, 0.29) is 10.8 Å². The number of hydrogen-bond acceptors (Lipinski definition) is 2. The van der Waals surface area contributed by atoms with Crippen LogP contribution in [0.4, 0.5) is 29.3 Å². The third-order valence-corrected chi connectivity index (χ3v) is 3.32. The van der Waals surface area contributed by atoms with E-state index < -0.39 is 23.5 Å². The summed E-state index contributed by atoms with van der Waals surface area (Å²) in [4.78, 5) is 23.0. The number of benzene rings is 2. The van der Waals surface area contributed by atoms with Gasteiger partial charge in [-0.05, 0) is 49.4 Å². The summed E-state index contributed by atoms with van der Waals surface area (Å²) in [6.45, 7) is 1.40. The lowest BCUT2D eigenvalue weighted by atomic mass is 10.1. The van der Waals surface area contributed by atoms with Crippen molar-refractivity contribution >= 4 is 34.8 Å². The van der Waals surface area contributed by atoms with Gasteiger partial charge in [-0.1, -0.05) is 11.6 Å². The van der Waals surface area contributed by atoms with Gasteiger partial charge in [-0.15, -0.1) is 0 Å². The maximum absolute atomic E-state index is 13.0. The van der Waals surface area contributed by atoms with Crippen LogP contribution in [0.1, 0.15) is 22.8 Å². The number of nitrogens with one attached hydrogen (secondary N) is 2. The molecule has 0 heterocycles. The maximum atomic E-state index is 13.0. The molecule has 126 valence electrons. The highest BCUT2D eigenvalue weighted by Gasteiger charge is 2.34. The lowest BCUT2D eigenvalue weighted by Gasteiger charge is -2.14. The molecule has 2 amide bonds. The van der Waals surface area contributed by atoms with Crippen molar-refractivity contribution in [1.29, 1.82) is 0 Å². The van der Waals surface area contributed by atoms with Crippen LogP contribution in [0.3, 0.4) is 0 Å². The molecule has 0 aliphatic rings. The molecule has 0 fully saturated rings. The van der Waals surface area contributed by atoms with E-state index in [1.807, 2.05) is 0 Å². The van der Waals surface area contributed by atoms with Crippen molar-refractivity contribution in [3.63, 3.8) is 0 Å². The molecule has 0 bridgehead atoms. The zero-order valence-corrected chi connectivity index (χ0v) is 13.1. The lowest BCUT2D eigenvalue weighted by Crippen LogP contribution is -2.21. The number of ketones is 1. The Kier molecular flexibility index (Phi) is 5.14. The topological polar surface area (TPSA) is 58.2 Å². The van der Waals surface area contributed by atoms with Crippen molar-refractivity contribution < 1.29 is 22.8 Å². The molecule has 2 aromatic rings. The average Bonchev–Trinajstić information content (AvgIpc) is 2.48. The highest BCUT2D eigenvalue weighted by atomic mass is 35.5. The van der Waals surface area contributed by atoms with Gasteiger partial charge in [-0.25, -0.2) is 4.79 Å². The van der Waals surface area contributed by atoms with Crippen LogP contribution in [-0.2, 0) is 6.18 Å². The number of halogens is 4. The second-order valence-electron chi connectivity index (χ2n) is 4.90. The van der Waals surface area contributed by atoms with Gasteiger partial charge < -0.3 is 10.6 Å². The fourth-order valence-electron chi connectivity index (χ4n) is 1.93. The molecular weight excluding hydrogens is 345 g/mol. The van der Waals surface area contributed by atoms with Crippen LogP contribution in [0.5, 0.6) is 0 Å². The number of Topliss-reactive ketones (excluding diaryl/α,β-unsaturated/α-hetero) is 1. The summed E-state index contributed by atoms with van der Waals surface area (Å²) in [6, 6.07) is 8.16. The first-order chi connectivity index (χ1) is 11.2. The number of alkyl halides is 3. The van der Waals surface area contributed by atoms with Gasteiger partial charge in [-0.3, -0.25) is 4.79 Å². The van der Waals surface area contributed by atoms with Gasteiger partial charge in [0, 0.05) is 16.3 Å². The van der Waals surface area contributed by atoms with Gasteiger partial charge in [-0.2, -0.15) is 13.2 Å². The normalized spacial score (nSPS) is 11.0. The van der Waals surface area contributed by atoms with Crippen LogP contribution in [0.25, 0.3) is 0 Å². The molecule has 8 heteroatoms. The second kappa shape index (κ2) is 6.92. The Morgan fingerprint density at radius 1 is 1.00 bits per heavy atom. The van der Waals surface area contributed by atoms with Gasteiger partial charge in [0.1, 0.15) is 0 Å². The number of carbonyl (C=O) groups is 2. The van der Waals surface area contributed by atoms with Crippen molar-refractivity contribution in [2.45, 2.75) is 13.1 Å². The smallest absolute Gasteiger partial charge is 0.308 e. The molecule has 0 radical (unpaired) electrons. The number of anilines is 2. The molecule has 2 rings (SSSR count). The maximum Gasteiger partial charge on any atom is 0.418 e. The van der Waals surface area contributed by atoms with Crippen molar-refractivity contribution in [2.75, 3.05) is 10.6 Å². The first-order valence-corrected chi connectivity index (χ1v) is 7.10. The molecule has 4 nitrogen and oxygen atoms in total. The Hall–Kier alpha value is -2.54. The van der Waals surface area contributed by atoms with Crippen LogP contribution < -0.4 is 10.6 Å². The van der Waals surface area contributed by atoms with Crippen LogP contribution in [0.2, 0.25) is 5.02 Å². The highest BCUT2D eigenvalue weighted by Crippen LogP contribution is 2.36. The molecular formula is C16H12ClF3N2O2. The van der Waals surface area contributed by atoms with E-state index in [0.29, 0.717) is 11.3 Å². The molecule has 0 aromatic heterocycles. The summed E-state index contributed by atoms with van der Waals surface area (Å²) in [7, 11) is 0. The molecule has 0 aliphatic carbocycles. The molecule has 0 saturated heterocycles. The van der Waals surface area contributed by atoms with E-state index in [0.717, 1.165) is 12.1 Å². The summed E-state index contributed by atoms with van der Waals surface area (Å²) in [5.41, 5.74) is -0.667. The molecule has 0 atom stereocenters. The zero-order chi connectivity index (χ0) is 17.9. The Balaban J connectivity index is 2.14. The van der Waals surface area contributed by atoms with Crippen LogP contribution in [-0.4, -0.2) is 11.8 Å². The predicted octanol–water partition coefficient (Wildman–Crippen LogP) is 5.21. The van der Waals surface area contributed by atoms with Gasteiger partial charge in [0.15, 0.2) is 5.78 Å².